The molecule has 1 heterocycles. The molecule has 0 aromatic heterocycles. The van der Waals surface area contributed by atoms with Crippen LogP contribution in [-0.2, 0) is 19.1 Å². The number of aliphatic hydroxyl groups excluding tert-OH is 1. The SMILES string of the molecule is CC(C)(C)OC(=O)CC[C@@]1(C(=O)NCC(F)(F)F)N=C(c2ccc(OCCCO)cc2)O[C@@H]1c1ccc(-c2ccccc2)cc1. The Bertz CT molecular complexity index is 1470. The number of hydrogen-bond donors (Lipinski definition) is 2. The van der Waals surface area contributed by atoms with Gasteiger partial charge in [0, 0.05) is 25.0 Å². The summed E-state index contributed by atoms with van der Waals surface area (Å²) in [4.78, 5) is 31.2. The maximum absolute atomic E-state index is 13.8. The number of aliphatic imine (C=N–C) groups is 1. The van der Waals surface area contributed by atoms with Gasteiger partial charge in [0.1, 0.15) is 17.9 Å². The highest BCUT2D eigenvalue weighted by Gasteiger charge is 2.54. The zero-order valence-electron chi connectivity index (χ0n) is 25.4. The maximum atomic E-state index is 13.8. The molecule has 3 aromatic carbocycles. The normalized spacial score (nSPS) is 18.1. The predicted octanol–water partition coefficient (Wildman–Crippen LogP) is 6.17. The molecule has 0 saturated heterocycles. The molecule has 0 fully saturated rings. The number of amides is 1. The lowest BCUT2D eigenvalue weighted by Crippen LogP contribution is -2.50. The van der Waals surface area contributed by atoms with E-state index >= 15 is 0 Å². The number of aliphatic hydroxyl groups is 1. The Morgan fingerprint density at radius 1 is 0.933 bits per heavy atom. The number of halogens is 3. The van der Waals surface area contributed by atoms with Gasteiger partial charge in [0.05, 0.1) is 6.61 Å². The fourth-order valence-corrected chi connectivity index (χ4v) is 4.87. The van der Waals surface area contributed by atoms with E-state index in [0.29, 0.717) is 29.9 Å². The molecule has 1 amide bonds. The van der Waals surface area contributed by atoms with Gasteiger partial charge < -0.3 is 24.6 Å². The minimum Gasteiger partial charge on any atom is -0.494 e. The molecule has 3 aromatic rings. The lowest BCUT2D eigenvalue weighted by atomic mass is 9.83. The van der Waals surface area contributed by atoms with Crippen molar-refractivity contribution in [3.05, 3.63) is 90.0 Å². The van der Waals surface area contributed by atoms with Crippen LogP contribution in [0.1, 0.15) is 57.3 Å². The summed E-state index contributed by atoms with van der Waals surface area (Å²) in [6.07, 6.45) is -5.95. The van der Waals surface area contributed by atoms with Gasteiger partial charge >= 0.3 is 12.1 Å². The molecule has 2 N–H and O–H groups in total. The van der Waals surface area contributed by atoms with Crippen molar-refractivity contribution in [3.63, 3.8) is 0 Å². The number of carbonyl (C=O) groups is 2. The third-order valence-electron chi connectivity index (χ3n) is 6.93. The average Bonchev–Trinajstić information content (AvgIpc) is 3.39. The van der Waals surface area contributed by atoms with E-state index in [4.69, 9.17) is 19.3 Å². The number of hydrogen-bond acceptors (Lipinski definition) is 7. The minimum absolute atomic E-state index is 0.0156. The van der Waals surface area contributed by atoms with Crippen molar-refractivity contribution in [1.29, 1.82) is 0 Å². The van der Waals surface area contributed by atoms with Gasteiger partial charge in [-0.2, -0.15) is 13.2 Å². The summed E-state index contributed by atoms with van der Waals surface area (Å²) in [5.74, 6) is -1.10. The molecule has 240 valence electrons. The van der Waals surface area contributed by atoms with Gasteiger partial charge in [-0.3, -0.25) is 9.59 Å². The van der Waals surface area contributed by atoms with Crippen LogP contribution in [0.15, 0.2) is 83.9 Å². The molecule has 0 spiro atoms. The zero-order chi connectivity index (χ0) is 32.7. The fourth-order valence-electron chi connectivity index (χ4n) is 4.87. The Hall–Kier alpha value is -4.38. The van der Waals surface area contributed by atoms with Crippen molar-refractivity contribution in [2.45, 2.75) is 63.5 Å². The third kappa shape index (κ3) is 9.07. The summed E-state index contributed by atoms with van der Waals surface area (Å²) in [7, 11) is 0. The Kier molecular flexibility index (Phi) is 10.5. The fraction of sp³-hybridized carbons (Fsp3) is 0.382. The minimum atomic E-state index is -4.67. The van der Waals surface area contributed by atoms with Crippen LogP contribution in [-0.4, -0.2) is 60.0 Å². The highest BCUT2D eigenvalue weighted by atomic mass is 19.4. The molecule has 0 radical (unpaired) electrons. The lowest BCUT2D eigenvalue weighted by Gasteiger charge is -2.31. The van der Waals surface area contributed by atoms with E-state index < -0.39 is 41.8 Å². The van der Waals surface area contributed by atoms with E-state index in [0.717, 1.165) is 11.1 Å². The van der Waals surface area contributed by atoms with E-state index in [1.54, 1.807) is 57.2 Å². The van der Waals surface area contributed by atoms with Gasteiger partial charge in [0.25, 0.3) is 5.91 Å². The van der Waals surface area contributed by atoms with Crippen molar-refractivity contribution in [2.24, 2.45) is 4.99 Å². The largest absolute Gasteiger partial charge is 0.494 e. The predicted molar refractivity (Wildman–Crippen MR) is 163 cm³/mol. The van der Waals surface area contributed by atoms with Gasteiger partial charge in [-0.15, -0.1) is 0 Å². The van der Waals surface area contributed by atoms with Crippen LogP contribution >= 0.6 is 0 Å². The first-order chi connectivity index (χ1) is 21.3. The number of nitrogens with one attached hydrogen (secondary N) is 1. The van der Waals surface area contributed by atoms with Crippen LogP contribution in [0.5, 0.6) is 5.75 Å². The standard InChI is InChI=1S/C34H37F3N2O6/c1-32(2,3)45-28(41)18-19-33(31(42)38-22-34(35,36)37)29(25-12-10-24(11-13-25)23-8-5-4-6-9-23)44-30(39-33)26-14-16-27(17-15-26)43-21-7-20-40/h4-6,8-17,29,40H,7,18-22H2,1-3H3,(H,38,42)/t29-,33-/m1/s1. The van der Waals surface area contributed by atoms with E-state index in [1.807, 2.05) is 47.8 Å². The number of carbonyl (C=O) groups excluding carboxylic acids is 2. The van der Waals surface area contributed by atoms with Crippen molar-refractivity contribution >= 4 is 17.8 Å². The first-order valence-corrected chi connectivity index (χ1v) is 14.6. The van der Waals surface area contributed by atoms with Crippen molar-refractivity contribution in [2.75, 3.05) is 19.8 Å². The second-order valence-corrected chi connectivity index (χ2v) is 11.7. The number of rotatable bonds is 12. The number of alkyl halides is 3. The summed E-state index contributed by atoms with van der Waals surface area (Å²) < 4.78 is 57.1. The molecule has 45 heavy (non-hydrogen) atoms. The van der Waals surface area contributed by atoms with E-state index in [-0.39, 0.29) is 25.3 Å². The molecule has 4 rings (SSSR count). The Morgan fingerprint density at radius 3 is 2.16 bits per heavy atom. The van der Waals surface area contributed by atoms with Gasteiger partial charge in [-0.05, 0) is 68.1 Å². The summed E-state index contributed by atoms with van der Waals surface area (Å²) in [5.41, 5.74) is 0.0471. The second-order valence-electron chi connectivity index (χ2n) is 11.7. The second kappa shape index (κ2) is 14.2. The van der Waals surface area contributed by atoms with Gasteiger partial charge in [0.15, 0.2) is 11.6 Å². The molecular formula is C34H37F3N2O6. The number of benzene rings is 3. The highest BCUT2D eigenvalue weighted by molar-refractivity contribution is 6.01. The molecule has 0 bridgehead atoms. The quantitative estimate of drug-likeness (QED) is 0.184. The van der Waals surface area contributed by atoms with Crippen molar-refractivity contribution in [3.8, 4) is 16.9 Å². The number of esters is 1. The Morgan fingerprint density at radius 2 is 1.56 bits per heavy atom. The molecule has 11 heteroatoms. The van der Waals surface area contributed by atoms with Crippen molar-refractivity contribution < 1.29 is 42.1 Å². The van der Waals surface area contributed by atoms with Gasteiger partial charge in [-0.1, -0.05) is 54.6 Å². The molecular weight excluding hydrogens is 589 g/mol. The summed E-state index contributed by atoms with van der Waals surface area (Å²) in [6, 6.07) is 23.3. The van der Waals surface area contributed by atoms with E-state index in [9.17, 15) is 22.8 Å². The smallest absolute Gasteiger partial charge is 0.405 e. The maximum Gasteiger partial charge on any atom is 0.405 e. The number of nitrogens with zero attached hydrogens (tertiary/aromatic N) is 1. The average molecular weight is 627 g/mol. The van der Waals surface area contributed by atoms with E-state index in [1.165, 1.54) is 0 Å². The van der Waals surface area contributed by atoms with Crippen LogP contribution in [0.3, 0.4) is 0 Å². The molecule has 2 atom stereocenters. The molecule has 1 aliphatic rings. The summed E-state index contributed by atoms with van der Waals surface area (Å²) in [5, 5.41) is 11.0. The van der Waals surface area contributed by atoms with Crippen LogP contribution in [0.2, 0.25) is 0 Å². The highest BCUT2D eigenvalue weighted by Crippen LogP contribution is 2.44. The lowest BCUT2D eigenvalue weighted by molar-refractivity contribution is -0.156. The topological polar surface area (TPSA) is 106 Å². The first kappa shape index (κ1) is 33.5. The van der Waals surface area contributed by atoms with Gasteiger partial charge in [0.2, 0.25) is 5.90 Å². The third-order valence-corrected chi connectivity index (χ3v) is 6.93. The number of ether oxygens (including phenoxy) is 3. The van der Waals surface area contributed by atoms with Crippen LogP contribution in [0.25, 0.3) is 11.1 Å². The molecule has 0 aliphatic carbocycles. The molecule has 0 unspecified atom stereocenters. The van der Waals surface area contributed by atoms with Crippen LogP contribution in [0, 0.1) is 0 Å². The molecule has 0 saturated carbocycles. The van der Waals surface area contributed by atoms with Crippen molar-refractivity contribution in [1.82, 2.24) is 5.32 Å². The Labute approximate surface area is 260 Å². The zero-order valence-corrected chi connectivity index (χ0v) is 25.4. The van der Waals surface area contributed by atoms with Gasteiger partial charge in [-0.25, -0.2) is 4.99 Å². The summed E-state index contributed by atoms with van der Waals surface area (Å²) >= 11 is 0. The van der Waals surface area contributed by atoms with Crippen LogP contribution < -0.4 is 10.1 Å². The summed E-state index contributed by atoms with van der Waals surface area (Å²) in [6.45, 7) is 3.80. The molecule has 1 aliphatic heterocycles. The monoisotopic (exact) mass is 626 g/mol. The Balaban J connectivity index is 1.74. The van der Waals surface area contributed by atoms with E-state index in [2.05, 4.69) is 4.99 Å². The molecule has 8 nitrogen and oxygen atoms in total. The first-order valence-electron chi connectivity index (χ1n) is 14.6. The van der Waals surface area contributed by atoms with Crippen LogP contribution in [0.4, 0.5) is 13.2 Å².